The molecule has 0 aliphatic rings. The number of aromatic carboxylic acids is 1. The molecule has 172 valence electrons. The Morgan fingerprint density at radius 2 is 1.94 bits per heavy atom. The minimum Gasteiger partial charge on any atom is -0.478 e. The van der Waals surface area contributed by atoms with E-state index < -0.39 is 34.2 Å². The average Bonchev–Trinajstić information content (AvgIpc) is 3.21. The topological polar surface area (TPSA) is 137 Å². The molecule has 13 heteroatoms. The van der Waals surface area contributed by atoms with Crippen LogP contribution >= 0.6 is 0 Å². The number of aromatic nitrogens is 2. The van der Waals surface area contributed by atoms with Crippen LogP contribution in [-0.4, -0.2) is 31.7 Å². The number of non-ortho nitro benzene ring substituents is 1. The van der Waals surface area contributed by atoms with Crippen LogP contribution in [0, 0.1) is 10.1 Å². The Bertz CT molecular complexity index is 1210. The molecule has 33 heavy (non-hydrogen) atoms. The first kappa shape index (κ1) is 23.2. The highest BCUT2D eigenvalue weighted by Gasteiger charge is 2.30. The van der Waals surface area contributed by atoms with Gasteiger partial charge in [-0.2, -0.15) is 18.3 Å². The van der Waals surface area contributed by atoms with Crippen LogP contribution in [-0.2, 0) is 17.5 Å². The van der Waals surface area contributed by atoms with E-state index in [1.165, 1.54) is 23.0 Å². The third-order valence-corrected chi connectivity index (χ3v) is 4.23. The molecule has 0 saturated heterocycles. The van der Waals surface area contributed by atoms with Crippen molar-refractivity contribution in [2.75, 3.05) is 5.32 Å². The number of carbonyl (C=O) groups excluding carboxylic acids is 1. The Balaban J connectivity index is 1.73. The second kappa shape index (κ2) is 9.38. The quantitative estimate of drug-likeness (QED) is 0.374. The summed E-state index contributed by atoms with van der Waals surface area (Å²) in [6.07, 6.45) is -2.36. The van der Waals surface area contributed by atoms with Gasteiger partial charge in [-0.15, -0.1) is 0 Å². The number of amides is 1. The number of nitro benzene ring substituents is 1. The molecule has 0 saturated carbocycles. The molecule has 0 spiro atoms. The van der Waals surface area contributed by atoms with Crippen molar-refractivity contribution in [1.82, 2.24) is 9.78 Å². The lowest BCUT2D eigenvalue weighted by Crippen LogP contribution is -2.15. The zero-order chi connectivity index (χ0) is 24.2. The van der Waals surface area contributed by atoms with Crippen LogP contribution in [0.2, 0.25) is 0 Å². The first-order valence-electron chi connectivity index (χ1n) is 9.21. The molecule has 0 fully saturated rings. The van der Waals surface area contributed by atoms with Gasteiger partial charge >= 0.3 is 12.1 Å². The number of hydrogen-bond acceptors (Lipinski definition) is 6. The third-order valence-electron chi connectivity index (χ3n) is 4.23. The first-order chi connectivity index (χ1) is 15.5. The highest BCUT2D eigenvalue weighted by molar-refractivity contribution is 5.91. The maximum absolute atomic E-state index is 12.9. The van der Waals surface area contributed by atoms with Gasteiger partial charge in [0.1, 0.15) is 11.5 Å². The molecule has 1 aromatic heterocycles. The van der Waals surface area contributed by atoms with E-state index in [-0.39, 0.29) is 35.7 Å². The van der Waals surface area contributed by atoms with Crippen molar-refractivity contribution < 1.29 is 37.5 Å². The van der Waals surface area contributed by atoms with Crippen LogP contribution in [0.5, 0.6) is 11.5 Å². The number of aryl methyl sites for hydroxylation is 1. The summed E-state index contributed by atoms with van der Waals surface area (Å²) in [6, 6.07) is 7.27. The molecule has 0 unspecified atom stereocenters. The monoisotopic (exact) mass is 464 g/mol. The molecule has 0 bridgehead atoms. The van der Waals surface area contributed by atoms with Gasteiger partial charge in [0.2, 0.25) is 5.91 Å². The summed E-state index contributed by atoms with van der Waals surface area (Å²) < 4.78 is 45.3. The van der Waals surface area contributed by atoms with Crippen LogP contribution in [0.4, 0.5) is 24.5 Å². The Kier molecular flexibility index (Phi) is 6.61. The van der Waals surface area contributed by atoms with Crippen molar-refractivity contribution in [2.45, 2.75) is 19.1 Å². The summed E-state index contributed by atoms with van der Waals surface area (Å²) in [6.45, 7) is 0.0433. The van der Waals surface area contributed by atoms with Crippen LogP contribution in [0.1, 0.15) is 22.3 Å². The molecule has 0 aliphatic carbocycles. The minimum absolute atomic E-state index is 0.0112. The number of carboxylic acid groups (broad SMARTS) is 1. The van der Waals surface area contributed by atoms with Crippen molar-refractivity contribution >= 4 is 23.3 Å². The molecule has 2 N–H and O–H groups in total. The summed E-state index contributed by atoms with van der Waals surface area (Å²) >= 11 is 0. The van der Waals surface area contributed by atoms with E-state index in [0.717, 1.165) is 36.5 Å². The number of anilines is 1. The number of carbonyl (C=O) groups is 2. The number of rotatable bonds is 8. The largest absolute Gasteiger partial charge is 0.478 e. The molecule has 2 aromatic carbocycles. The van der Waals surface area contributed by atoms with Gasteiger partial charge in [-0.1, -0.05) is 6.07 Å². The summed E-state index contributed by atoms with van der Waals surface area (Å²) in [5, 5.41) is 26.3. The van der Waals surface area contributed by atoms with E-state index in [9.17, 15) is 32.9 Å². The second-order valence-electron chi connectivity index (χ2n) is 6.70. The van der Waals surface area contributed by atoms with E-state index in [1.54, 1.807) is 0 Å². The van der Waals surface area contributed by atoms with Gasteiger partial charge in [0, 0.05) is 31.3 Å². The summed E-state index contributed by atoms with van der Waals surface area (Å²) in [4.78, 5) is 33.6. The van der Waals surface area contributed by atoms with E-state index in [1.807, 2.05) is 0 Å². The van der Waals surface area contributed by atoms with Gasteiger partial charge in [-0.25, -0.2) is 4.79 Å². The van der Waals surface area contributed by atoms with Crippen LogP contribution in [0.15, 0.2) is 54.9 Å². The molecular weight excluding hydrogens is 449 g/mol. The zero-order valence-corrected chi connectivity index (χ0v) is 16.6. The predicted molar refractivity (Wildman–Crippen MR) is 107 cm³/mol. The van der Waals surface area contributed by atoms with Gasteiger partial charge in [-0.05, 0) is 18.2 Å². The first-order valence-corrected chi connectivity index (χ1v) is 9.21. The fraction of sp³-hybridized carbons (Fsp3) is 0.150. The van der Waals surface area contributed by atoms with Gasteiger partial charge < -0.3 is 15.2 Å². The van der Waals surface area contributed by atoms with Crippen LogP contribution in [0.25, 0.3) is 0 Å². The summed E-state index contributed by atoms with van der Waals surface area (Å²) in [5.41, 5.74) is -1.47. The Morgan fingerprint density at radius 3 is 2.58 bits per heavy atom. The third kappa shape index (κ3) is 6.29. The fourth-order valence-electron chi connectivity index (χ4n) is 2.73. The maximum Gasteiger partial charge on any atom is 0.416 e. The van der Waals surface area contributed by atoms with E-state index in [2.05, 4.69) is 10.4 Å². The number of benzene rings is 2. The van der Waals surface area contributed by atoms with Gasteiger partial charge in [-0.3, -0.25) is 19.6 Å². The lowest BCUT2D eigenvalue weighted by molar-refractivity contribution is -0.384. The molecule has 3 rings (SSSR count). The van der Waals surface area contributed by atoms with Crippen LogP contribution in [0.3, 0.4) is 0 Å². The molecule has 10 nitrogen and oxygen atoms in total. The minimum atomic E-state index is -4.60. The van der Waals surface area contributed by atoms with Crippen molar-refractivity contribution in [2.24, 2.45) is 0 Å². The number of ether oxygens (including phenoxy) is 1. The summed E-state index contributed by atoms with van der Waals surface area (Å²) in [7, 11) is 0. The number of halogens is 3. The van der Waals surface area contributed by atoms with Crippen molar-refractivity contribution in [3.8, 4) is 11.5 Å². The van der Waals surface area contributed by atoms with Gasteiger partial charge in [0.25, 0.3) is 5.69 Å². The molecule has 0 atom stereocenters. The van der Waals surface area contributed by atoms with Gasteiger partial charge in [0.15, 0.2) is 0 Å². The summed E-state index contributed by atoms with van der Waals surface area (Å²) in [5.74, 6) is -2.09. The average molecular weight is 464 g/mol. The number of nitro groups is 1. The SMILES string of the molecule is O=C(CCn1cc(C(=O)O)cn1)Nc1cc(Oc2cccc(C(F)(F)F)c2)cc([N+](=O)[O-])c1. The highest BCUT2D eigenvalue weighted by Crippen LogP contribution is 2.34. The number of carboxylic acids is 1. The van der Waals surface area contributed by atoms with Crippen molar-refractivity contribution in [3.63, 3.8) is 0 Å². The van der Waals surface area contributed by atoms with Gasteiger partial charge in [0.05, 0.1) is 34.0 Å². The van der Waals surface area contributed by atoms with Crippen molar-refractivity contribution in [3.05, 3.63) is 76.1 Å². The molecular formula is C20H15F3N4O6. The zero-order valence-electron chi connectivity index (χ0n) is 16.6. The second-order valence-corrected chi connectivity index (χ2v) is 6.70. The van der Waals surface area contributed by atoms with E-state index in [0.29, 0.717) is 0 Å². The molecule has 0 radical (unpaired) electrons. The number of alkyl halides is 3. The lowest BCUT2D eigenvalue weighted by Gasteiger charge is -2.11. The Hall–Kier alpha value is -4.42. The molecule has 1 amide bonds. The number of nitrogens with one attached hydrogen (secondary N) is 1. The fourth-order valence-corrected chi connectivity index (χ4v) is 2.73. The standard InChI is InChI=1S/C20H15F3N4O6/c21-20(22,23)13-2-1-3-16(6-13)33-17-8-14(7-15(9-17)27(31)32)25-18(28)4-5-26-11-12(10-24-26)19(29)30/h1-3,6-11H,4-5H2,(H,25,28)(H,29,30). The van der Waals surface area contributed by atoms with E-state index >= 15 is 0 Å². The Morgan fingerprint density at radius 1 is 1.18 bits per heavy atom. The van der Waals surface area contributed by atoms with Crippen molar-refractivity contribution in [1.29, 1.82) is 0 Å². The Labute approximate surface area is 183 Å². The predicted octanol–water partition coefficient (Wildman–Crippen LogP) is 4.33. The highest BCUT2D eigenvalue weighted by atomic mass is 19.4. The maximum atomic E-state index is 12.9. The van der Waals surface area contributed by atoms with E-state index in [4.69, 9.17) is 9.84 Å². The number of nitrogens with zero attached hydrogens (tertiary/aromatic N) is 3. The smallest absolute Gasteiger partial charge is 0.416 e. The number of hydrogen-bond donors (Lipinski definition) is 2. The normalized spacial score (nSPS) is 11.1. The molecule has 3 aromatic rings. The molecule has 1 heterocycles. The molecule has 0 aliphatic heterocycles. The lowest BCUT2D eigenvalue weighted by atomic mass is 10.2. The van der Waals surface area contributed by atoms with Crippen LogP contribution < -0.4 is 10.1 Å².